The highest BCUT2D eigenvalue weighted by molar-refractivity contribution is 5.78. The van der Waals surface area contributed by atoms with Crippen LogP contribution in [-0.2, 0) is 38.1 Å². The lowest BCUT2D eigenvalue weighted by Gasteiger charge is -2.33. The van der Waals surface area contributed by atoms with Crippen LogP contribution in [0, 0.1) is 0 Å². The summed E-state index contributed by atoms with van der Waals surface area (Å²) in [4.78, 5) is 51.6. The van der Waals surface area contributed by atoms with Crippen LogP contribution in [0.2, 0.25) is 0 Å². The Morgan fingerprint density at radius 2 is 0.957 bits per heavy atom. The molecule has 4 N–H and O–H groups in total. The Labute approximate surface area is 281 Å². The maximum absolute atomic E-state index is 12.6. The van der Waals surface area contributed by atoms with E-state index >= 15 is 0 Å². The molecule has 1 saturated heterocycles. The van der Waals surface area contributed by atoms with Crippen LogP contribution in [0.5, 0.6) is 0 Å². The second-order valence-corrected chi connectivity index (χ2v) is 10.3. The number of hydrogen-bond donors (Lipinski definition) is 4. The Morgan fingerprint density at radius 1 is 0.617 bits per heavy atom. The molecule has 0 atom stereocenters. The predicted molar refractivity (Wildman–Crippen MR) is 178 cm³/mol. The normalized spacial score (nSPS) is 15.6. The van der Waals surface area contributed by atoms with Crippen molar-refractivity contribution >= 4 is 24.3 Å². The van der Waals surface area contributed by atoms with Crippen molar-refractivity contribution in [2.75, 3.05) is 138 Å². The Kier molecular flexibility index (Phi) is 34.6. The van der Waals surface area contributed by atoms with Crippen molar-refractivity contribution in [2.24, 2.45) is 0 Å². The Balaban J connectivity index is 0. The van der Waals surface area contributed by atoms with Gasteiger partial charge in [0.2, 0.25) is 5.91 Å². The van der Waals surface area contributed by atoms with Gasteiger partial charge in [0.25, 0.3) is 6.47 Å². The van der Waals surface area contributed by atoms with Crippen LogP contribution in [0.1, 0.15) is 40.5 Å². The third-order valence-electron chi connectivity index (χ3n) is 6.79. The van der Waals surface area contributed by atoms with E-state index in [1.807, 2.05) is 23.6 Å². The molecule has 16 nitrogen and oxygen atoms in total. The van der Waals surface area contributed by atoms with Gasteiger partial charge in [0.05, 0.1) is 65.9 Å². The highest BCUT2D eigenvalue weighted by Gasteiger charge is 2.19. The molecule has 47 heavy (non-hydrogen) atoms. The zero-order valence-electron chi connectivity index (χ0n) is 29.2. The van der Waals surface area contributed by atoms with Crippen molar-refractivity contribution in [3.63, 3.8) is 0 Å². The average Bonchev–Trinajstić information content (AvgIpc) is 3.03. The number of amides is 1. The van der Waals surface area contributed by atoms with Crippen molar-refractivity contribution in [1.29, 1.82) is 0 Å². The van der Waals surface area contributed by atoms with E-state index in [0.717, 1.165) is 32.5 Å². The summed E-state index contributed by atoms with van der Waals surface area (Å²) in [6.45, 7) is 17.9. The SMILES string of the molecule is CC.CCCCOCCOCCOCCOCCNC(=O)CN1CCN(CC)CCN(CC(=O)O)CCN(CC(=O)O)CC1.O=CO. The molecule has 0 saturated carbocycles. The van der Waals surface area contributed by atoms with Crippen molar-refractivity contribution in [2.45, 2.75) is 40.5 Å². The fourth-order valence-electron chi connectivity index (χ4n) is 4.28. The van der Waals surface area contributed by atoms with Gasteiger partial charge in [0, 0.05) is 65.5 Å². The van der Waals surface area contributed by atoms with Crippen LogP contribution in [0.3, 0.4) is 0 Å². The number of likely N-dealkylation sites (N-methyl/N-ethyl adjacent to an activating group) is 1. The molecule has 0 aromatic carbocycles. The number of carbonyl (C=O) groups is 4. The molecule has 1 rings (SSSR count). The van der Waals surface area contributed by atoms with Gasteiger partial charge in [0.15, 0.2) is 0 Å². The molecule has 16 heteroatoms. The highest BCUT2D eigenvalue weighted by atomic mass is 16.6. The van der Waals surface area contributed by atoms with E-state index in [9.17, 15) is 24.6 Å². The number of carboxylic acid groups (broad SMARTS) is 3. The molecule has 278 valence electrons. The molecular weight excluding hydrogens is 618 g/mol. The average molecular weight is 682 g/mol. The Bertz CT molecular complexity index is 767. The molecule has 1 fully saturated rings. The fourth-order valence-corrected chi connectivity index (χ4v) is 4.28. The van der Waals surface area contributed by atoms with Crippen molar-refractivity contribution < 1.29 is 53.4 Å². The first-order valence-corrected chi connectivity index (χ1v) is 16.7. The third-order valence-corrected chi connectivity index (χ3v) is 6.79. The van der Waals surface area contributed by atoms with Crippen LogP contribution in [0.4, 0.5) is 0 Å². The zero-order chi connectivity index (χ0) is 35.5. The van der Waals surface area contributed by atoms with Crippen LogP contribution in [0.25, 0.3) is 0 Å². The molecule has 1 aliphatic rings. The molecule has 0 spiro atoms. The molecule has 1 heterocycles. The number of unbranched alkanes of at least 4 members (excludes halogenated alkanes) is 1. The van der Waals surface area contributed by atoms with Gasteiger partial charge in [-0.25, -0.2) is 0 Å². The first-order valence-electron chi connectivity index (χ1n) is 16.7. The standard InChI is InChI=1S/C28H55N5O9.C2H6.CH2O2/c1-3-5-15-39-17-19-41-21-22-42-20-18-40-16-6-29-26(34)23-31-9-7-30(4-2)8-10-32(24-27(35)36)13-14-33(12-11-31)25-28(37)38;1-2;2-1-3/h3-25H2,1-2H3,(H,29,34)(H,35,36)(H,37,38);1-2H3;1H,(H,2,3). The van der Waals surface area contributed by atoms with Gasteiger partial charge in [-0.1, -0.05) is 34.1 Å². The lowest BCUT2D eigenvalue weighted by molar-refractivity contribution is -0.140. The van der Waals surface area contributed by atoms with Crippen LogP contribution in [0.15, 0.2) is 0 Å². The summed E-state index contributed by atoms with van der Waals surface area (Å²) in [7, 11) is 0. The van der Waals surface area contributed by atoms with Crippen LogP contribution < -0.4 is 5.32 Å². The van der Waals surface area contributed by atoms with Gasteiger partial charge in [-0.2, -0.15) is 0 Å². The molecule has 0 radical (unpaired) electrons. The lowest BCUT2D eigenvalue weighted by Crippen LogP contribution is -2.49. The summed E-state index contributed by atoms with van der Waals surface area (Å²) in [5, 5.41) is 28.4. The van der Waals surface area contributed by atoms with Crippen molar-refractivity contribution in [3.05, 3.63) is 0 Å². The second-order valence-electron chi connectivity index (χ2n) is 10.3. The molecule has 0 aromatic rings. The summed E-state index contributed by atoms with van der Waals surface area (Å²) in [5.41, 5.74) is 0. The van der Waals surface area contributed by atoms with Crippen LogP contribution in [-0.4, -0.2) is 197 Å². The Hall–Kier alpha value is -2.44. The smallest absolute Gasteiger partial charge is 0.317 e. The monoisotopic (exact) mass is 681 g/mol. The van der Waals surface area contributed by atoms with E-state index in [1.165, 1.54) is 0 Å². The molecule has 1 aliphatic heterocycles. The van der Waals surface area contributed by atoms with E-state index in [2.05, 4.69) is 24.1 Å². The number of carboxylic acids is 2. The van der Waals surface area contributed by atoms with Gasteiger partial charge in [-0.15, -0.1) is 0 Å². The number of rotatable bonds is 22. The molecule has 0 bridgehead atoms. The van der Waals surface area contributed by atoms with Crippen molar-refractivity contribution in [3.8, 4) is 0 Å². The minimum atomic E-state index is -0.935. The minimum absolute atomic E-state index is 0.0774. The zero-order valence-corrected chi connectivity index (χ0v) is 29.2. The first kappa shape index (κ1) is 46.7. The maximum atomic E-state index is 12.6. The van der Waals surface area contributed by atoms with Gasteiger partial charge < -0.3 is 44.5 Å². The number of nitrogens with one attached hydrogen (secondary N) is 1. The minimum Gasteiger partial charge on any atom is -0.483 e. The second kappa shape index (κ2) is 34.9. The van der Waals surface area contributed by atoms with E-state index in [-0.39, 0.29) is 32.0 Å². The summed E-state index contributed by atoms with van der Waals surface area (Å²) in [6.07, 6.45) is 2.19. The van der Waals surface area contributed by atoms with E-state index in [1.54, 1.807) is 4.90 Å². The maximum Gasteiger partial charge on any atom is 0.317 e. The van der Waals surface area contributed by atoms with Crippen LogP contribution >= 0.6 is 0 Å². The van der Waals surface area contributed by atoms with Gasteiger partial charge in [-0.05, 0) is 13.0 Å². The number of aliphatic carboxylic acids is 2. The summed E-state index contributed by atoms with van der Waals surface area (Å²) in [6, 6.07) is 0. The largest absolute Gasteiger partial charge is 0.483 e. The molecule has 0 unspecified atom stereocenters. The highest BCUT2D eigenvalue weighted by Crippen LogP contribution is 2.01. The molecule has 0 aliphatic carbocycles. The van der Waals surface area contributed by atoms with E-state index in [4.69, 9.17) is 28.8 Å². The number of nitrogens with zero attached hydrogens (tertiary/aromatic N) is 4. The van der Waals surface area contributed by atoms with E-state index < -0.39 is 11.9 Å². The molecule has 1 amide bonds. The van der Waals surface area contributed by atoms with Gasteiger partial charge in [0.1, 0.15) is 0 Å². The first-order chi connectivity index (χ1) is 22.7. The van der Waals surface area contributed by atoms with Gasteiger partial charge in [-0.3, -0.25) is 33.9 Å². The third kappa shape index (κ3) is 31.9. The van der Waals surface area contributed by atoms with Gasteiger partial charge >= 0.3 is 11.9 Å². The number of hydrogen-bond acceptors (Lipinski definition) is 12. The van der Waals surface area contributed by atoms with Crippen molar-refractivity contribution in [1.82, 2.24) is 24.9 Å². The fraction of sp³-hybridized carbons (Fsp3) is 0.871. The predicted octanol–water partition coefficient (Wildman–Crippen LogP) is 0.107. The van der Waals surface area contributed by atoms with E-state index in [0.29, 0.717) is 98.6 Å². The Morgan fingerprint density at radius 3 is 1.32 bits per heavy atom. The lowest BCUT2D eigenvalue weighted by atomic mass is 10.3. The topological polar surface area (TPSA) is 191 Å². The quantitative estimate of drug-likeness (QED) is 0.0889. The summed E-state index contributed by atoms with van der Waals surface area (Å²) in [5.74, 6) is -1.94. The summed E-state index contributed by atoms with van der Waals surface area (Å²) < 4.78 is 21.9. The number of carbonyl (C=O) groups excluding carboxylic acids is 1. The number of ether oxygens (including phenoxy) is 4. The molecule has 0 aromatic heterocycles. The molecular formula is C31H63N5O11. The summed E-state index contributed by atoms with van der Waals surface area (Å²) >= 11 is 0.